The van der Waals surface area contributed by atoms with Crippen molar-refractivity contribution in [3.8, 4) is 0 Å². The summed E-state index contributed by atoms with van der Waals surface area (Å²) < 4.78 is 408. The number of benzene rings is 4. The van der Waals surface area contributed by atoms with Gasteiger partial charge in [0.05, 0.1) is 134 Å². The number of aliphatic hydroxyl groups excluding tert-OH is 10. The third kappa shape index (κ3) is 23.8. The minimum atomic E-state index is -3.47. The molecule has 0 bridgehead atoms. The number of rotatable bonds is 40. The fraction of sp³-hybridized carbons (Fsp3) is 0.583. The molecule has 0 spiro atoms. The number of hydrogen-bond donors (Lipinski definition) is 16. The minimum Gasteiger partial charge on any atom is -0.394 e. The summed E-state index contributed by atoms with van der Waals surface area (Å²) >= 11 is 1.30. The lowest BCUT2D eigenvalue weighted by Gasteiger charge is -2.17. The zero-order valence-electron chi connectivity index (χ0n) is 117. The molecule has 48 heteroatoms. The van der Waals surface area contributed by atoms with Gasteiger partial charge in [0.15, 0.2) is 88.6 Å². The Kier molecular flexibility index (Phi) is 21.7. The summed E-state index contributed by atoms with van der Waals surface area (Å²) in [7, 11) is 0. The van der Waals surface area contributed by atoms with Crippen LogP contribution in [0.1, 0.15) is 252 Å². The molecule has 0 saturated heterocycles. The molecule has 8 aromatic heterocycles. The Bertz CT molecular complexity index is 8530. The lowest BCUT2D eigenvalue weighted by molar-refractivity contribution is -0.0629. The molecule has 4 aromatic carbocycles. The van der Waals surface area contributed by atoms with Gasteiger partial charge in [-0.25, -0.2) is 76.2 Å². The van der Waals surface area contributed by atoms with Crippen molar-refractivity contribution in [1.29, 1.82) is 0 Å². The van der Waals surface area contributed by atoms with Gasteiger partial charge in [-0.05, 0) is 148 Å². The average Bonchev–Trinajstić information content (AvgIpc) is 1.56. The smallest absolute Gasteiger partial charge is 0.191 e. The lowest BCUT2D eigenvalue weighted by Crippen LogP contribution is -2.33. The SMILES string of the molecule is [2H]c1c([2H])c([C@@H]2C[C@@]2([2H])Nc2nc(SC([2H])([2H])C([2H])([2H])C)nc3c2nnn3[C@@H]2C[C@H](OC([2H])([2H])C([2H])([2H])O)[C@@H](O)[C@H]2O)c([2H])c(F)c1C.[2H]c1c([2H])c([C@@H]2C[C@@]2([2H])Nc2nc(SC([2H])([2H])C([2H])([2H])C)nc3c2nnn3[C@@H]2C[C@H](OC([2H])([2H])CO)[C@@H](O)[C@H]2O)c([2H])c(F)c1C.[2H]c1c([2H])c([C@@H]2C[C@@]2([2H])Nc2nc(SC([2H])([2H])C([2H])([2H])C)nc3c2nnn3[C@@H]2C[C@H](OCC([2H])([2H])O)[C@@H](O)[C@H]2O)c([2H])c(F)c1C.[2H]c1c([2H])c([C@@H]2C[C@@]2([2H])Nc2nc(SC([2H])([2H])C([2H])([2H])C)nc3c2nnn3[C@@H]2C[C@H](OCCO)[C@@H](O)[C@H]2O)c([2H])c(F)c1C. The van der Waals surface area contributed by atoms with Gasteiger partial charge in [-0.3, -0.25) is 0 Å². The van der Waals surface area contributed by atoms with E-state index in [1.165, 1.54) is 32.4 Å². The van der Waals surface area contributed by atoms with E-state index in [2.05, 4.69) is 102 Å². The zero-order valence-corrected chi connectivity index (χ0v) is 80.4. The van der Waals surface area contributed by atoms with Crippen molar-refractivity contribution >= 4 is 115 Å². The Morgan fingerprint density at radius 1 is 0.347 bits per heavy atom. The summed E-state index contributed by atoms with van der Waals surface area (Å²) in [5.74, 6) is -8.29. The molecule has 20 rings (SSSR count). The van der Waals surface area contributed by atoms with Crippen molar-refractivity contribution in [1.82, 2.24) is 99.8 Å². The third-order valence-corrected chi connectivity index (χ3v) is 26.9. The van der Waals surface area contributed by atoms with Crippen LogP contribution in [0.15, 0.2) is 93.1 Å². The van der Waals surface area contributed by atoms with Crippen molar-refractivity contribution in [2.24, 2.45) is 0 Å². The predicted octanol–water partition coefficient (Wildman–Crippen LogP) is 8.73. The third-order valence-electron chi connectivity index (χ3n) is 24.3. The van der Waals surface area contributed by atoms with E-state index < -0.39 is 323 Å². The number of thioether (sulfide) groups is 4. The second kappa shape index (κ2) is 47.3. The van der Waals surface area contributed by atoms with E-state index in [4.69, 9.17) is 78.9 Å². The fourth-order valence-corrected chi connectivity index (χ4v) is 18.3. The van der Waals surface area contributed by atoms with Crippen LogP contribution in [0.5, 0.6) is 0 Å². The van der Waals surface area contributed by atoms with Crippen LogP contribution in [0.3, 0.4) is 0 Å². The summed E-state index contributed by atoms with van der Waals surface area (Å²) in [4.78, 5) is 34.3. The minimum absolute atomic E-state index is 0.00452. The largest absolute Gasteiger partial charge is 0.394 e. The first-order chi connectivity index (χ1) is 84.4. The number of hydrogen-bond acceptors (Lipinski definition) is 40. The molecule has 40 nitrogen and oxygen atoms in total. The first kappa shape index (κ1) is 66.0. The number of nitrogens with one attached hydrogen (secondary N) is 4. The molecule has 776 valence electrons. The van der Waals surface area contributed by atoms with E-state index in [0.717, 1.165) is 41.7 Å². The van der Waals surface area contributed by atoms with Crippen LogP contribution < -0.4 is 21.3 Å². The highest BCUT2D eigenvalue weighted by atomic mass is 32.2. The molecular weight excluding hydrogens is 1950 g/mol. The maximum absolute atomic E-state index is 14.7. The Balaban J connectivity index is 0.000000161. The topological polar surface area (TPSA) is 554 Å². The monoisotopic (exact) mass is 2110 g/mol. The Hall–Kier alpha value is -9.52. The normalized spacial score (nSPS) is 34.9. The van der Waals surface area contributed by atoms with Crippen molar-refractivity contribution in [3.05, 3.63) is 140 Å². The molecule has 0 amide bonds. The van der Waals surface area contributed by atoms with Gasteiger partial charge in [0, 0.05) is 118 Å². The Morgan fingerprint density at radius 2 is 0.604 bits per heavy atom. The van der Waals surface area contributed by atoms with E-state index >= 15 is 0 Å². The number of nitrogens with zero attached hydrogens (tertiary/aromatic N) is 20. The van der Waals surface area contributed by atoms with Crippen LogP contribution in [0.4, 0.5) is 40.8 Å². The number of halogens is 4. The van der Waals surface area contributed by atoms with Crippen LogP contribution >= 0.6 is 47.0 Å². The predicted molar refractivity (Wildman–Crippen MR) is 530 cm³/mol. The first-order valence-corrected chi connectivity index (χ1v) is 47.8. The molecule has 16 N–H and O–H groups in total. The van der Waals surface area contributed by atoms with Crippen molar-refractivity contribution in [2.45, 2.75) is 298 Å². The van der Waals surface area contributed by atoms with E-state index in [-0.39, 0.29) is 215 Å². The number of anilines is 4. The summed E-state index contributed by atoms with van der Waals surface area (Å²) in [5.41, 5.74) is -12.3. The molecule has 0 aliphatic heterocycles. The molecule has 8 fully saturated rings. The Morgan fingerprint density at radius 3 is 0.847 bits per heavy atom. The van der Waals surface area contributed by atoms with Gasteiger partial charge in [-0.2, -0.15) is 0 Å². The van der Waals surface area contributed by atoms with Gasteiger partial charge >= 0.3 is 0 Å². The number of fused-ring (bicyclic) bond motifs is 4. The lowest BCUT2D eigenvalue weighted by atomic mass is 10.1. The van der Waals surface area contributed by atoms with Gasteiger partial charge in [-0.1, -0.05) is 144 Å². The second-order valence-electron chi connectivity index (χ2n) is 33.7. The molecule has 8 aliphatic carbocycles. The van der Waals surface area contributed by atoms with Gasteiger partial charge in [-0.15, -0.1) is 20.4 Å². The average molecular weight is 2110 g/mol. The van der Waals surface area contributed by atoms with Crippen molar-refractivity contribution in [2.75, 3.05) is 96.8 Å². The number of aromatic nitrogens is 20. The van der Waals surface area contributed by atoms with Crippen molar-refractivity contribution < 1.29 is 153 Å². The van der Waals surface area contributed by atoms with Gasteiger partial charge in [0.25, 0.3) is 0 Å². The fourth-order valence-electron chi connectivity index (χ4n) is 16.5. The summed E-state index contributed by atoms with van der Waals surface area (Å²) in [6.45, 7) is -4.95. The molecule has 12 aromatic rings. The van der Waals surface area contributed by atoms with E-state index in [1.807, 2.05) is 0 Å². The zero-order chi connectivity index (χ0) is 137. The summed E-state index contributed by atoms with van der Waals surface area (Å²) in [6.07, 6.45) is -27.7. The summed E-state index contributed by atoms with van der Waals surface area (Å²) in [5, 5.41) is 165. The van der Waals surface area contributed by atoms with Crippen molar-refractivity contribution in [3.63, 3.8) is 0 Å². The van der Waals surface area contributed by atoms with E-state index in [0.29, 0.717) is 35.3 Å². The Labute approximate surface area is 899 Å². The van der Waals surface area contributed by atoms with Gasteiger partial charge in [0.1, 0.15) is 72.1 Å². The molecular formula is C96H124F4N24O16S4. The highest BCUT2D eigenvalue weighted by Gasteiger charge is 2.51. The van der Waals surface area contributed by atoms with Crippen LogP contribution in [0.2, 0.25) is 0 Å². The maximum Gasteiger partial charge on any atom is 0.191 e. The number of ether oxygens (including phenoxy) is 4. The maximum atomic E-state index is 14.7. The summed E-state index contributed by atoms with van der Waals surface area (Å²) in [6, 6.07) is -16.7. The standard InChI is InChI=1S/4C24H31FN6O4S/c4*1-3-8-36-24-27-22(26-16-10-14(16)13-5-4-12(2)15(25)9-13)19-23(28-24)31(30-29-19)17-11-18(35-7-6-32)21(34)20(17)33/h4*4-5,9,14,16-18,20-21,32-34H,3,6-8,10-11H2,1-2H3,(H,26,27,28)/t4*14-,16+,17+,18-,20-,21+/m0000/s1/i3D2,4D,5D,6D2,7D2,8D2,9D,16D;3D2,4D,5D,7D2,8D2,9D,16D;3D2,4D,5D,6D2,8D2,9D,16D;3D2,4D,5D,8D2,9D,16D. The van der Waals surface area contributed by atoms with Crippen LogP contribution in [0.25, 0.3) is 44.7 Å². The molecule has 24 atom stereocenters. The van der Waals surface area contributed by atoms with Gasteiger partial charge < -0.3 is 101 Å². The van der Waals surface area contributed by atoms with Crippen LogP contribution in [-0.2, 0) is 18.9 Å². The molecule has 8 aliphatic rings. The van der Waals surface area contributed by atoms with Gasteiger partial charge in [0.2, 0.25) is 0 Å². The second-order valence-corrected chi connectivity index (χ2v) is 36.8. The first-order valence-electron chi connectivity index (χ1n) is 64.5. The van der Waals surface area contributed by atoms with Crippen LogP contribution in [0, 0.1) is 51.0 Å². The molecule has 0 radical (unpaired) electrons. The van der Waals surface area contributed by atoms with E-state index in [9.17, 15) is 73.7 Å². The van der Waals surface area contributed by atoms with E-state index in [1.54, 1.807) is 0 Å². The molecule has 8 heterocycles. The molecule has 144 heavy (non-hydrogen) atoms. The molecule has 8 saturated carbocycles. The highest BCUT2D eigenvalue weighted by Crippen LogP contribution is 2.50. The highest BCUT2D eigenvalue weighted by molar-refractivity contribution is 7.99. The quantitative estimate of drug-likeness (QED) is 0.00969. The molecule has 0 unspecified atom stereocenters. The number of aliphatic hydroxyl groups is 12. The van der Waals surface area contributed by atoms with Crippen LogP contribution in [-0.4, -0.2) is 334 Å².